The van der Waals surface area contributed by atoms with Gasteiger partial charge in [-0.3, -0.25) is 4.79 Å². The third-order valence-electron chi connectivity index (χ3n) is 3.88. The molecule has 1 atom stereocenters. The highest BCUT2D eigenvalue weighted by atomic mass is 19.1. The summed E-state index contributed by atoms with van der Waals surface area (Å²) in [5, 5.41) is 0. The van der Waals surface area contributed by atoms with Gasteiger partial charge in [0.1, 0.15) is 6.10 Å². The number of aromatic nitrogens is 2. The smallest absolute Gasteiger partial charge is 0.316 e. The van der Waals surface area contributed by atoms with Gasteiger partial charge in [-0.05, 0) is 37.1 Å². The first kappa shape index (κ1) is 16.2. The molecular formula is C17H18FN3O3. The summed E-state index contributed by atoms with van der Waals surface area (Å²) >= 11 is 0. The molecular weight excluding hydrogens is 313 g/mol. The molecule has 1 unspecified atom stereocenters. The minimum absolute atomic E-state index is 0.118. The second-order valence-corrected chi connectivity index (χ2v) is 5.51. The molecule has 1 saturated heterocycles. The van der Waals surface area contributed by atoms with E-state index >= 15 is 0 Å². The van der Waals surface area contributed by atoms with Gasteiger partial charge >= 0.3 is 6.01 Å². The van der Waals surface area contributed by atoms with E-state index in [1.807, 2.05) is 0 Å². The third-order valence-corrected chi connectivity index (χ3v) is 3.88. The van der Waals surface area contributed by atoms with Crippen LogP contribution in [0, 0.1) is 5.82 Å². The van der Waals surface area contributed by atoms with Gasteiger partial charge in [0.2, 0.25) is 0 Å². The maximum Gasteiger partial charge on any atom is 0.316 e. The second-order valence-electron chi connectivity index (χ2n) is 5.51. The first-order valence-corrected chi connectivity index (χ1v) is 7.74. The van der Waals surface area contributed by atoms with Crippen molar-refractivity contribution in [3.05, 3.63) is 48.0 Å². The lowest BCUT2D eigenvalue weighted by Crippen LogP contribution is -2.44. The zero-order chi connectivity index (χ0) is 16.9. The average molecular weight is 331 g/mol. The molecule has 0 N–H and O–H groups in total. The van der Waals surface area contributed by atoms with Gasteiger partial charge in [-0.2, -0.15) is 0 Å². The van der Waals surface area contributed by atoms with Crippen LogP contribution in [0.2, 0.25) is 0 Å². The van der Waals surface area contributed by atoms with Crippen LogP contribution in [0.5, 0.6) is 11.8 Å². The van der Waals surface area contributed by atoms with E-state index in [4.69, 9.17) is 9.47 Å². The summed E-state index contributed by atoms with van der Waals surface area (Å²) in [4.78, 5) is 22.3. The van der Waals surface area contributed by atoms with E-state index < -0.39 is 5.82 Å². The Morgan fingerprint density at radius 2 is 2.12 bits per heavy atom. The highest BCUT2D eigenvalue weighted by Gasteiger charge is 2.26. The normalized spacial score (nSPS) is 17.4. The molecule has 1 aromatic carbocycles. The van der Waals surface area contributed by atoms with Gasteiger partial charge in [0.25, 0.3) is 5.91 Å². The van der Waals surface area contributed by atoms with Crippen LogP contribution >= 0.6 is 0 Å². The van der Waals surface area contributed by atoms with Gasteiger partial charge in [-0.25, -0.2) is 14.4 Å². The zero-order valence-electron chi connectivity index (χ0n) is 13.3. The molecule has 6 nitrogen and oxygen atoms in total. The average Bonchev–Trinajstić information content (AvgIpc) is 2.62. The van der Waals surface area contributed by atoms with Crippen LogP contribution in [0.1, 0.15) is 23.2 Å². The number of benzene rings is 1. The standard InChI is InChI=1S/C17H18FN3O3/c1-23-15-6-5-12(10-14(15)18)16(22)21-9-2-4-13(11-21)24-17-19-7-3-8-20-17/h3,5-8,10,13H,2,4,9,11H2,1H3. The van der Waals surface area contributed by atoms with E-state index in [1.54, 1.807) is 29.4 Å². The largest absolute Gasteiger partial charge is 0.494 e. The quantitative estimate of drug-likeness (QED) is 0.860. The first-order chi connectivity index (χ1) is 11.7. The van der Waals surface area contributed by atoms with E-state index in [0.29, 0.717) is 24.7 Å². The summed E-state index contributed by atoms with van der Waals surface area (Å²) in [6.45, 7) is 1.03. The number of ether oxygens (including phenoxy) is 2. The minimum Gasteiger partial charge on any atom is -0.494 e. The number of nitrogens with zero attached hydrogens (tertiary/aromatic N) is 3. The van der Waals surface area contributed by atoms with Crippen molar-refractivity contribution in [1.82, 2.24) is 14.9 Å². The Morgan fingerprint density at radius 1 is 1.33 bits per heavy atom. The van der Waals surface area contributed by atoms with E-state index in [-0.39, 0.29) is 17.8 Å². The Balaban J connectivity index is 1.67. The van der Waals surface area contributed by atoms with Crippen molar-refractivity contribution in [2.24, 2.45) is 0 Å². The molecule has 0 radical (unpaired) electrons. The lowest BCUT2D eigenvalue weighted by atomic mass is 10.1. The lowest BCUT2D eigenvalue weighted by molar-refractivity contribution is 0.0515. The Hall–Kier alpha value is -2.70. The summed E-state index contributed by atoms with van der Waals surface area (Å²) in [5.74, 6) is -0.655. The summed E-state index contributed by atoms with van der Waals surface area (Å²) in [6, 6.07) is 6.23. The molecule has 0 bridgehead atoms. The van der Waals surface area contributed by atoms with Gasteiger partial charge in [-0.15, -0.1) is 0 Å². The van der Waals surface area contributed by atoms with Crippen LogP contribution in [0.4, 0.5) is 4.39 Å². The minimum atomic E-state index is -0.550. The number of carbonyl (C=O) groups excluding carboxylic acids is 1. The van der Waals surface area contributed by atoms with Gasteiger partial charge in [-0.1, -0.05) is 0 Å². The Labute approximate surface area is 139 Å². The monoisotopic (exact) mass is 331 g/mol. The van der Waals surface area contributed by atoms with E-state index in [1.165, 1.54) is 19.2 Å². The summed E-state index contributed by atoms with van der Waals surface area (Å²) in [7, 11) is 1.39. The highest BCUT2D eigenvalue weighted by molar-refractivity contribution is 5.94. The number of carbonyl (C=O) groups is 1. The van der Waals surface area contributed by atoms with E-state index in [0.717, 1.165) is 12.8 Å². The van der Waals surface area contributed by atoms with Crippen molar-refractivity contribution in [3.8, 4) is 11.8 Å². The summed E-state index contributed by atoms with van der Waals surface area (Å²) in [6.07, 6.45) is 4.66. The molecule has 24 heavy (non-hydrogen) atoms. The van der Waals surface area contributed by atoms with Crippen molar-refractivity contribution in [3.63, 3.8) is 0 Å². The number of piperidine rings is 1. The fourth-order valence-corrected chi connectivity index (χ4v) is 2.70. The molecule has 1 aliphatic rings. The molecule has 0 spiro atoms. The van der Waals surface area contributed by atoms with Crippen molar-refractivity contribution >= 4 is 5.91 Å². The van der Waals surface area contributed by atoms with Gasteiger partial charge in [0.15, 0.2) is 11.6 Å². The maximum atomic E-state index is 13.8. The number of amides is 1. The van der Waals surface area contributed by atoms with Crippen LogP contribution in [0.25, 0.3) is 0 Å². The van der Waals surface area contributed by atoms with E-state index in [2.05, 4.69) is 9.97 Å². The fraction of sp³-hybridized carbons (Fsp3) is 0.353. The maximum absolute atomic E-state index is 13.8. The number of hydrogen-bond acceptors (Lipinski definition) is 5. The molecule has 0 aliphatic carbocycles. The predicted molar refractivity (Wildman–Crippen MR) is 84.5 cm³/mol. The number of likely N-dealkylation sites (tertiary alicyclic amines) is 1. The van der Waals surface area contributed by atoms with Crippen molar-refractivity contribution < 1.29 is 18.7 Å². The number of halogens is 1. The van der Waals surface area contributed by atoms with E-state index in [9.17, 15) is 9.18 Å². The van der Waals surface area contributed by atoms with Gasteiger partial charge in [0, 0.05) is 24.5 Å². The third kappa shape index (κ3) is 3.61. The molecule has 126 valence electrons. The van der Waals surface area contributed by atoms with Crippen molar-refractivity contribution in [2.45, 2.75) is 18.9 Å². The van der Waals surface area contributed by atoms with Crippen molar-refractivity contribution in [1.29, 1.82) is 0 Å². The summed E-state index contributed by atoms with van der Waals surface area (Å²) < 4.78 is 24.4. The Kier molecular flexibility index (Phi) is 4.88. The highest BCUT2D eigenvalue weighted by Crippen LogP contribution is 2.21. The van der Waals surface area contributed by atoms with Crippen LogP contribution in [-0.4, -0.2) is 47.1 Å². The molecule has 2 aromatic rings. The molecule has 0 saturated carbocycles. The number of hydrogen-bond donors (Lipinski definition) is 0. The van der Waals surface area contributed by atoms with Crippen LogP contribution in [-0.2, 0) is 0 Å². The SMILES string of the molecule is COc1ccc(C(=O)N2CCCC(Oc3ncccn3)C2)cc1F. The molecule has 7 heteroatoms. The Morgan fingerprint density at radius 3 is 2.83 bits per heavy atom. The molecule has 1 fully saturated rings. The van der Waals surface area contributed by atoms with Crippen LogP contribution in [0.15, 0.2) is 36.7 Å². The number of methoxy groups -OCH3 is 1. The predicted octanol–water partition coefficient (Wildman–Crippen LogP) is 2.31. The van der Waals surface area contributed by atoms with Crippen LogP contribution < -0.4 is 9.47 Å². The molecule has 1 aromatic heterocycles. The van der Waals surface area contributed by atoms with Crippen molar-refractivity contribution in [2.75, 3.05) is 20.2 Å². The zero-order valence-corrected chi connectivity index (χ0v) is 13.3. The molecule has 1 aliphatic heterocycles. The molecule has 2 heterocycles. The first-order valence-electron chi connectivity index (χ1n) is 7.74. The topological polar surface area (TPSA) is 64.5 Å². The fourth-order valence-electron chi connectivity index (χ4n) is 2.70. The molecule has 1 amide bonds. The van der Waals surface area contributed by atoms with Gasteiger partial charge < -0.3 is 14.4 Å². The van der Waals surface area contributed by atoms with Gasteiger partial charge in [0.05, 0.1) is 13.7 Å². The second kappa shape index (κ2) is 7.25. The lowest BCUT2D eigenvalue weighted by Gasteiger charge is -2.32. The number of rotatable bonds is 4. The Bertz CT molecular complexity index is 711. The molecule has 3 rings (SSSR count). The van der Waals surface area contributed by atoms with Crippen LogP contribution in [0.3, 0.4) is 0 Å². The summed E-state index contributed by atoms with van der Waals surface area (Å²) in [5.41, 5.74) is 0.296.